The van der Waals surface area contributed by atoms with Crippen LogP contribution in [0.15, 0.2) is 30.3 Å². The molecule has 3 nitrogen and oxygen atoms in total. The minimum Gasteiger partial charge on any atom is -0.369 e. The van der Waals surface area contributed by atoms with Gasteiger partial charge in [0.2, 0.25) is 0 Å². The number of aromatic nitrogens is 2. The van der Waals surface area contributed by atoms with E-state index < -0.39 is 0 Å². The predicted octanol–water partition coefficient (Wildman–Crippen LogP) is 3.19. The smallest absolute Gasteiger partial charge is 0.152 e. The van der Waals surface area contributed by atoms with Crippen LogP contribution in [-0.2, 0) is 0 Å². The lowest BCUT2D eigenvalue weighted by molar-refractivity contribution is 1.03. The number of hydrogen-bond acceptors (Lipinski definition) is 3. The number of nitrogens with zero attached hydrogens (tertiary/aromatic N) is 2. The second-order valence-electron chi connectivity index (χ2n) is 3.99. The predicted molar refractivity (Wildman–Crippen MR) is 71.1 cm³/mol. The second-order valence-corrected chi connectivity index (χ2v) is 3.99. The van der Waals surface area contributed by atoms with Crippen LogP contribution >= 0.6 is 0 Å². The summed E-state index contributed by atoms with van der Waals surface area (Å²) < 4.78 is 0. The third-order valence-corrected chi connectivity index (χ3v) is 2.70. The van der Waals surface area contributed by atoms with Crippen LogP contribution in [0.3, 0.4) is 0 Å². The molecule has 0 bridgehead atoms. The SMILES string of the molecule is CCNc1nc(C)c(C)nc1-c1ccccc1. The molecule has 2 rings (SSSR count). The minimum absolute atomic E-state index is 0.844. The Morgan fingerprint density at radius 1 is 1.00 bits per heavy atom. The third kappa shape index (κ3) is 2.44. The summed E-state index contributed by atoms with van der Waals surface area (Å²) in [6.45, 7) is 6.88. The van der Waals surface area contributed by atoms with Crippen LogP contribution in [0.2, 0.25) is 0 Å². The standard InChI is InChI=1S/C14H17N3/c1-4-15-14-13(12-8-6-5-7-9-12)16-10(2)11(3)17-14/h5-9H,4H2,1-3H3,(H,15,17). The van der Waals surface area contributed by atoms with Crippen molar-refractivity contribution in [2.75, 3.05) is 11.9 Å². The highest BCUT2D eigenvalue weighted by atomic mass is 15.0. The molecule has 0 atom stereocenters. The molecule has 0 unspecified atom stereocenters. The highest BCUT2D eigenvalue weighted by Crippen LogP contribution is 2.24. The molecule has 0 aliphatic carbocycles. The summed E-state index contributed by atoms with van der Waals surface area (Å²) >= 11 is 0. The second kappa shape index (κ2) is 4.95. The maximum atomic E-state index is 4.64. The molecule has 0 amide bonds. The van der Waals surface area contributed by atoms with Crippen molar-refractivity contribution in [1.82, 2.24) is 9.97 Å². The van der Waals surface area contributed by atoms with Gasteiger partial charge >= 0.3 is 0 Å². The van der Waals surface area contributed by atoms with Crippen LogP contribution in [0.4, 0.5) is 5.82 Å². The number of aryl methyl sites for hydroxylation is 2. The van der Waals surface area contributed by atoms with Gasteiger partial charge in [-0.05, 0) is 20.8 Å². The Hall–Kier alpha value is -1.90. The molecule has 17 heavy (non-hydrogen) atoms. The van der Waals surface area contributed by atoms with E-state index in [0.717, 1.165) is 35.0 Å². The number of rotatable bonds is 3. The lowest BCUT2D eigenvalue weighted by atomic mass is 10.1. The van der Waals surface area contributed by atoms with Gasteiger partial charge in [0.1, 0.15) is 5.69 Å². The van der Waals surface area contributed by atoms with Gasteiger partial charge in [0, 0.05) is 12.1 Å². The van der Waals surface area contributed by atoms with Gasteiger partial charge in [0.05, 0.1) is 11.4 Å². The van der Waals surface area contributed by atoms with Gasteiger partial charge in [-0.3, -0.25) is 0 Å². The van der Waals surface area contributed by atoms with Crippen LogP contribution in [0.25, 0.3) is 11.3 Å². The zero-order valence-electron chi connectivity index (χ0n) is 10.5. The summed E-state index contributed by atoms with van der Waals surface area (Å²) in [6.07, 6.45) is 0. The number of benzene rings is 1. The Morgan fingerprint density at radius 2 is 1.65 bits per heavy atom. The van der Waals surface area contributed by atoms with Gasteiger partial charge in [-0.1, -0.05) is 30.3 Å². The van der Waals surface area contributed by atoms with Gasteiger partial charge in [-0.15, -0.1) is 0 Å². The average Bonchev–Trinajstić information content (AvgIpc) is 2.35. The van der Waals surface area contributed by atoms with E-state index in [1.807, 2.05) is 32.0 Å². The lowest BCUT2D eigenvalue weighted by Gasteiger charge is -2.11. The van der Waals surface area contributed by atoms with Crippen LogP contribution < -0.4 is 5.32 Å². The Kier molecular flexibility index (Phi) is 3.38. The third-order valence-electron chi connectivity index (χ3n) is 2.70. The fourth-order valence-corrected chi connectivity index (χ4v) is 1.69. The van der Waals surface area contributed by atoms with Crippen molar-refractivity contribution in [3.8, 4) is 11.3 Å². The van der Waals surface area contributed by atoms with Crippen LogP contribution in [0.5, 0.6) is 0 Å². The Balaban J connectivity index is 2.55. The van der Waals surface area contributed by atoms with Crippen molar-refractivity contribution < 1.29 is 0 Å². The van der Waals surface area contributed by atoms with Crippen molar-refractivity contribution in [3.63, 3.8) is 0 Å². The molecule has 0 spiro atoms. The molecular formula is C14H17N3. The van der Waals surface area contributed by atoms with E-state index in [1.165, 1.54) is 0 Å². The first-order valence-electron chi connectivity index (χ1n) is 5.87. The van der Waals surface area contributed by atoms with E-state index in [-0.39, 0.29) is 0 Å². The first-order valence-corrected chi connectivity index (χ1v) is 5.87. The Morgan fingerprint density at radius 3 is 2.29 bits per heavy atom. The Labute approximate surface area is 102 Å². The number of hydrogen-bond donors (Lipinski definition) is 1. The van der Waals surface area contributed by atoms with Crippen molar-refractivity contribution >= 4 is 5.82 Å². The first-order chi connectivity index (χ1) is 8.22. The van der Waals surface area contributed by atoms with E-state index >= 15 is 0 Å². The zero-order valence-corrected chi connectivity index (χ0v) is 10.5. The fraction of sp³-hybridized carbons (Fsp3) is 0.286. The number of anilines is 1. The summed E-state index contributed by atoms with van der Waals surface area (Å²) in [6, 6.07) is 10.1. The molecule has 0 saturated heterocycles. The molecule has 0 aliphatic rings. The lowest BCUT2D eigenvalue weighted by Crippen LogP contribution is -2.06. The summed E-state index contributed by atoms with van der Waals surface area (Å²) in [4.78, 5) is 9.20. The maximum absolute atomic E-state index is 4.64. The van der Waals surface area contributed by atoms with Crippen molar-refractivity contribution in [1.29, 1.82) is 0 Å². The fourth-order valence-electron chi connectivity index (χ4n) is 1.69. The summed E-state index contributed by atoms with van der Waals surface area (Å²) in [5.74, 6) is 0.863. The van der Waals surface area contributed by atoms with E-state index in [1.54, 1.807) is 0 Å². The molecule has 3 heteroatoms. The van der Waals surface area contributed by atoms with Gasteiger partial charge in [-0.2, -0.15) is 0 Å². The highest BCUT2D eigenvalue weighted by Gasteiger charge is 2.09. The van der Waals surface area contributed by atoms with Crippen molar-refractivity contribution in [3.05, 3.63) is 41.7 Å². The molecule has 2 aromatic rings. The molecule has 1 heterocycles. The molecule has 0 radical (unpaired) electrons. The summed E-state index contributed by atoms with van der Waals surface area (Å²) in [7, 11) is 0. The maximum Gasteiger partial charge on any atom is 0.152 e. The number of nitrogens with one attached hydrogen (secondary N) is 1. The summed E-state index contributed by atoms with van der Waals surface area (Å²) in [5, 5.41) is 3.27. The van der Waals surface area contributed by atoms with Gasteiger partial charge < -0.3 is 5.32 Å². The molecule has 1 N–H and O–H groups in total. The monoisotopic (exact) mass is 227 g/mol. The molecule has 88 valence electrons. The van der Waals surface area contributed by atoms with Crippen LogP contribution in [-0.4, -0.2) is 16.5 Å². The van der Waals surface area contributed by atoms with Gasteiger partial charge in [-0.25, -0.2) is 9.97 Å². The zero-order chi connectivity index (χ0) is 12.3. The van der Waals surface area contributed by atoms with E-state index in [4.69, 9.17) is 0 Å². The molecule has 1 aromatic heterocycles. The quantitative estimate of drug-likeness (QED) is 0.875. The van der Waals surface area contributed by atoms with Gasteiger partial charge in [0.15, 0.2) is 5.82 Å². The van der Waals surface area contributed by atoms with E-state index in [0.29, 0.717) is 0 Å². The molecular weight excluding hydrogens is 210 g/mol. The summed E-state index contributed by atoms with van der Waals surface area (Å²) in [5.41, 5.74) is 3.97. The molecule has 1 aromatic carbocycles. The van der Waals surface area contributed by atoms with Gasteiger partial charge in [0.25, 0.3) is 0 Å². The van der Waals surface area contributed by atoms with Crippen LogP contribution in [0, 0.1) is 13.8 Å². The highest BCUT2D eigenvalue weighted by molar-refractivity contribution is 5.71. The van der Waals surface area contributed by atoms with E-state index in [2.05, 4.69) is 34.3 Å². The largest absolute Gasteiger partial charge is 0.369 e. The minimum atomic E-state index is 0.844. The molecule has 0 aliphatic heterocycles. The topological polar surface area (TPSA) is 37.8 Å². The molecule has 0 fully saturated rings. The Bertz CT molecular complexity index is 506. The molecule has 0 saturated carbocycles. The average molecular weight is 227 g/mol. The normalized spacial score (nSPS) is 10.3. The first kappa shape index (κ1) is 11.6. The van der Waals surface area contributed by atoms with Crippen molar-refractivity contribution in [2.24, 2.45) is 0 Å². The van der Waals surface area contributed by atoms with E-state index in [9.17, 15) is 0 Å². The van der Waals surface area contributed by atoms with Crippen LogP contribution in [0.1, 0.15) is 18.3 Å². The van der Waals surface area contributed by atoms with Crippen molar-refractivity contribution in [2.45, 2.75) is 20.8 Å².